The van der Waals surface area contributed by atoms with Crippen LogP contribution in [0.4, 0.5) is 8.78 Å². The molecule has 0 bridgehead atoms. The molecule has 1 aromatic carbocycles. The van der Waals surface area contributed by atoms with E-state index < -0.39 is 23.8 Å². The molecule has 4 heteroatoms. The molecule has 1 aliphatic carbocycles. The maximum atomic E-state index is 13.1. The van der Waals surface area contributed by atoms with Gasteiger partial charge in [0.25, 0.3) is 0 Å². The standard InChI is InChI=1S/C9H9F2NO/c10-4-1-6-5(7(11)2-4)3-8(13)9(6)12/h1-2,8-9,13H,3,12H2. The zero-order valence-corrected chi connectivity index (χ0v) is 6.80. The Balaban J connectivity index is 2.57. The predicted molar refractivity (Wildman–Crippen MR) is 43.0 cm³/mol. The van der Waals surface area contributed by atoms with Crippen molar-refractivity contribution in [1.82, 2.24) is 0 Å². The van der Waals surface area contributed by atoms with Crippen molar-refractivity contribution in [1.29, 1.82) is 0 Å². The monoisotopic (exact) mass is 185 g/mol. The number of rotatable bonds is 0. The van der Waals surface area contributed by atoms with Crippen LogP contribution in [0, 0.1) is 11.6 Å². The Hall–Kier alpha value is -1.00. The Labute approximate surface area is 74.0 Å². The summed E-state index contributed by atoms with van der Waals surface area (Å²) in [6.45, 7) is 0. The first kappa shape index (κ1) is 8.59. The first-order chi connectivity index (χ1) is 6.09. The van der Waals surface area contributed by atoms with Gasteiger partial charge in [-0.15, -0.1) is 0 Å². The van der Waals surface area contributed by atoms with Crippen LogP contribution in [0.3, 0.4) is 0 Å². The smallest absolute Gasteiger partial charge is 0.129 e. The number of aliphatic hydroxyl groups is 1. The molecule has 0 saturated carbocycles. The minimum Gasteiger partial charge on any atom is -0.391 e. The Morgan fingerprint density at radius 1 is 1.38 bits per heavy atom. The SMILES string of the molecule is NC1c2cc(F)cc(F)c2CC1O. The summed E-state index contributed by atoms with van der Waals surface area (Å²) in [5, 5.41) is 9.32. The zero-order valence-electron chi connectivity index (χ0n) is 6.80. The highest BCUT2D eigenvalue weighted by Gasteiger charge is 2.30. The minimum atomic E-state index is -0.800. The third-order valence-electron chi connectivity index (χ3n) is 2.38. The van der Waals surface area contributed by atoms with E-state index in [1.165, 1.54) is 6.07 Å². The van der Waals surface area contributed by atoms with Gasteiger partial charge in [-0.2, -0.15) is 0 Å². The van der Waals surface area contributed by atoms with Gasteiger partial charge in [0.2, 0.25) is 0 Å². The fraction of sp³-hybridized carbons (Fsp3) is 0.333. The first-order valence-electron chi connectivity index (χ1n) is 4.01. The molecule has 1 aliphatic rings. The molecule has 0 amide bonds. The summed E-state index contributed by atoms with van der Waals surface area (Å²) in [6.07, 6.45) is -0.630. The molecule has 3 N–H and O–H groups in total. The lowest BCUT2D eigenvalue weighted by molar-refractivity contribution is 0.158. The topological polar surface area (TPSA) is 46.2 Å². The van der Waals surface area contributed by atoms with Crippen molar-refractivity contribution in [3.8, 4) is 0 Å². The van der Waals surface area contributed by atoms with Gasteiger partial charge < -0.3 is 10.8 Å². The third-order valence-corrected chi connectivity index (χ3v) is 2.38. The number of fused-ring (bicyclic) bond motifs is 1. The molecule has 0 aromatic heterocycles. The van der Waals surface area contributed by atoms with Gasteiger partial charge in [0.15, 0.2) is 0 Å². The van der Waals surface area contributed by atoms with Crippen molar-refractivity contribution in [3.05, 3.63) is 34.9 Å². The molecule has 0 spiro atoms. The maximum Gasteiger partial charge on any atom is 0.129 e. The molecule has 0 heterocycles. The molecule has 2 unspecified atom stereocenters. The third kappa shape index (κ3) is 1.22. The average Bonchev–Trinajstić information content (AvgIpc) is 2.32. The highest BCUT2D eigenvalue weighted by molar-refractivity contribution is 5.37. The lowest BCUT2D eigenvalue weighted by Crippen LogP contribution is -2.21. The van der Waals surface area contributed by atoms with Crippen LogP contribution < -0.4 is 5.73 Å². The number of nitrogens with two attached hydrogens (primary N) is 1. The molecular weight excluding hydrogens is 176 g/mol. The molecule has 1 aromatic rings. The second kappa shape index (κ2) is 2.75. The molecule has 70 valence electrons. The van der Waals surface area contributed by atoms with Crippen LogP contribution >= 0.6 is 0 Å². The van der Waals surface area contributed by atoms with Crippen LogP contribution in [0.15, 0.2) is 12.1 Å². The predicted octanol–water partition coefficient (Wildman–Crippen LogP) is 0.882. The molecular formula is C9H9F2NO. The van der Waals surface area contributed by atoms with E-state index in [0.29, 0.717) is 11.1 Å². The molecule has 2 atom stereocenters. The Morgan fingerprint density at radius 2 is 2.08 bits per heavy atom. The van der Waals surface area contributed by atoms with Gasteiger partial charge in [-0.1, -0.05) is 0 Å². The second-order valence-electron chi connectivity index (χ2n) is 3.25. The summed E-state index contributed by atoms with van der Waals surface area (Å²) in [5.74, 6) is -1.28. The van der Waals surface area contributed by atoms with E-state index >= 15 is 0 Å². The van der Waals surface area contributed by atoms with Crippen LogP contribution in [0.5, 0.6) is 0 Å². The number of hydrogen-bond acceptors (Lipinski definition) is 2. The maximum absolute atomic E-state index is 13.1. The highest BCUT2D eigenvalue weighted by Crippen LogP contribution is 2.31. The summed E-state index contributed by atoms with van der Waals surface area (Å²) in [6, 6.07) is 1.32. The van der Waals surface area contributed by atoms with Crippen molar-refractivity contribution in [2.24, 2.45) is 5.73 Å². The molecule has 2 nitrogen and oxygen atoms in total. The summed E-state index contributed by atoms with van der Waals surface area (Å²) in [5.41, 5.74) is 6.26. The van der Waals surface area contributed by atoms with Crippen LogP contribution in [-0.4, -0.2) is 11.2 Å². The van der Waals surface area contributed by atoms with E-state index in [-0.39, 0.29) is 6.42 Å². The molecule has 2 rings (SSSR count). The summed E-state index contributed by atoms with van der Waals surface area (Å²) >= 11 is 0. The fourth-order valence-electron chi connectivity index (χ4n) is 1.68. The number of hydrogen-bond donors (Lipinski definition) is 2. The van der Waals surface area contributed by atoms with Gasteiger partial charge in [-0.3, -0.25) is 0 Å². The van der Waals surface area contributed by atoms with Gasteiger partial charge >= 0.3 is 0 Å². The van der Waals surface area contributed by atoms with Gasteiger partial charge in [-0.05, 0) is 17.2 Å². The van der Waals surface area contributed by atoms with Crippen molar-refractivity contribution in [3.63, 3.8) is 0 Å². The van der Waals surface area contributed by atoms with Crippen LogP contribution in [-0.2, 0) is 6.42 Å². The summed E-state index contributed by atoms with van der Waals surface area (Å²) in [7, 11) is 0. The number of benzene rings is 1. The van der Waals surface area contributed by atoms with Gasteiger partial charge in [0.1, 0.15) is 11.6 Å². The molecule has 13 heavy (non-hydrogen) atoms. The zero-order chi connectivity index (χ0) is 9.59. The van der Waals surface area contributed by atoms with Crippen LogP contribution in [0.25, 0.3) is 0 Å². The molecule has 0 fully saturated rings. The van der Waals surface area contributed by atoms with E-state index in [4.69, 9.17) is 5.73 Å². The van der Waals surface area contributed by atoms with Crippen molar-refractivity contribution in [2.75, 3.05) is 0 Å². The Bertz CT molecular complexity index is 354. The summed E-state index contributed by atoms with van der Waals surface area (Å²) in [4.78, 5) is 0. The number of aliphatic hydroxyl groups excluding tert-OH is 1. The van der Waals surface area contributed by atoms with E-state index in [1.54, 1.807) is 0 Å². The number of halogens is 2. The van der Waals surface area contributed by atoms with Crippen LogP contribution in [0.1, 0.15) is 17.2 Å². The molecule has 0 saturated heterocycles. The normalized spacial score (nSPS) is 26.2. The highest BCUT2D eigenvalue weighted by atomic mass is 19.1. The van der Waals surface area contributed by atoms with Crippen molar-refractivity contribution < 1.29 is 13.9 Å². The van der Waals surface area contributed by atoms with E-state index in [9.17, 15) is 13.9 Å². The van der Waals surface area contributed by atoms with Gasteiger partial charge in [0.05, 0.1) is 12.1 Å². The van der Waals surface area contributed by atoms with Crippen molar-refractivity contribution in [2.45, 2.75) is 18.6 Å². The largest absolute Gasteiger partial charge is 0.391 e. The van der Waals surface area contributed by atoms with E-state index in [1.807, 2.05) is 0 Å². The van der Waals surface area contributed by atoms with Gasteiger partial charge in [0, 0.05) is 12.5 Å². The first-order valence-corrected chi connectivity index (χ1v) is 4.01. The molecule has 0 radical (unpaired) electrons. The minimum absolute atomic E-state index is 0.169. The van der Waals surface area contributed by atoms with E-state index in [2.05, 4.69) is 0 Å². The Kier molecular flexibility index (Phi) is 1.82. The summed E-state index contributed by atoms with van der Waals surface area (Å²) < 4.78 is 25.8. The van der Waals surface area contributed by atoms with Gasteiger partial charge in [-0.25, -0.2) is 8.78 Å². The average molecular weight is 185 g/mol. The molecule has 0 aliphatic heterocycles. The van der Waals surface area contributed by atoms with Crippen molar-refractivity contribution >= 4 is 0 Å². The fourth-order valence-corrected chi connectivity index (χ4v) is 1.68. The lowest BCUT2D eigenvalue weighted by Gasteiger charge is -2.08. The van der Waals surface area contributed by atoms with E-state index in [0.717, 1.165) is 6.07 Å². The second-order valence-corrected chi connectivity index (χ2v) is 3.25. The lowest BCUT2D eigenvalue weighted by atomic mass is 10.1. The quantitative estimate of drug-likeness (QED) is 0.630. The van der Waals surface area contributed by atoms with Crippen LogP contribution in [0.2, 0.25) is 0 Å². The Morgan fingerprint density at radius 3 is 2.77 bits per heavy atom.